The van der Waals surface area contributed by atoms with Gasteiger partial charge in [0.25, 0.3) is 0 Å². The molecule has 0 amide bonds. The maximum absolute atomic E-state index is 12.2. The van der Waals surface area contributed by atoms with E-state index in [0.29, 0.717) is 28.9 Å². The highest BCUT2D eigenvalue weighted by molar-refractivity contribution is 5.83. The number of nitrogens with two attached hydrogens (primary N) is 1. The minimum atomic E-state index is -0.389. The van der Waals surface area contributed by atoms with Gasteiger partial charge in [0.1, 0.15) is 11.3 Å². The van der Waals surface area contributed by atoms with Crippen molar-refractivity contribution in [3.63, 3.8) is 0 Å². The third-order valence-corrected chi connectivity index (χ3v) is 3.71. The Morgan fingerprint density at radius 3 is 2.77 bits per heavy atom. The van der Waals surface area contributed by atoms with Gasteiger partial charge in [-0.15, -0.1) is 4.91 Å². The second-order valence-corrected chi connectivity index (χ2v) is 5.19. The summed E-state index contributed by atoms with van der Waals surface area (Å²) in [7, 11) is 0. The van der Waals surface area contributed by atoms with Gasteiger partial charge >= 0.3 is 5.63 Å². The van der Waals surface area contributed by atoms with E-state index in [-0.39, 0.29) is 5.63 Å². The maximum Gasteiger partial charge on any atom is 0.340 e. The van der Waals surface area contributed by atoms with Gasteiger partial charge in [0.05, 0.1) is 0 Å². The normalized spacial score (nSPS) is 10.8. The van der Waals surface area contributed by atoms with Crippen LogP contribution in [-0.2, 0) is 6.42 Å². The Hall–Kier alpha value is -2.95. The van der Waals surface area contributed by atoms with E-state index in [1.165, 1.54) is 0 Å². The zero-order chi connectivity index (χ0) is 15.7. The molecule has 0 saturated heterocycles. The number of nitrogen functional groups attached to an aromatic ring is 1. The average Bonchev–Trinajstić information content (AvgIpc) is 2.51. The van der Waals surface area contributed by atoms with Crippen LogP contribution in [0.4, 0.5) is 11.4 Å². The molecule has 0 bridgehead atoms. The minimum Gasteiger partial charge on any atom is -0.422 e. The first-order valence-corrected chi connectivity index (χ1v) is 6.82. The largest absolute Gasteiger partial charge is 0.422 e. The van der Waals surface area contributed by atoms with Crippen LogP contribution in [0, 0.1) is 11.8 Å². The standard InChI is InChI=1S/C17H14N2O3/c1-10-14-6-5-12(18)9-16(14)22-17(20)15(10)8-11-3-2-4-13(7-11)19-21/h2-7,9H,8,18H2,1H3. The van der Waals surface area contributed by atoms with Crippen molar-refractivity contribution >= 4 is 22.3 Å². The number of anilines is 1. The molecule has 0 aliphatic carbocycles. The molecule has 2 aromatic carbocycles. The van der Waals surface area contributed by atoms with E-state index in [1.807, 2.05) is 19.1 Å². The fourth-order valence-electron chi connectivity index (χ4n) is 2.54. The second-order valence-electron chi connectivity index (χ2n) is 5.19. The summed E-state index contributed by atoms with van der Waals surface area (Å²) < 4.78 is 5.36. The Balaban J connectivity index is 2.12. The summed E-state index contributed by atoms with van der Waals surface area (Å²) in [6.45, 7) is 1.88. The fraction of sp³-hybridized carbons (Fsp3) is 0.118. The lowest BCUT2D eigenvalue weighted by Crippen LogP contribution is -2.11. The number of aryl methyl sites for hydroxylation is 1. The molecule has 1 heterocycles. The molecule has 2 N–H and O–H groups in total. The van der Waals surface area contributed by atoms with E-state index in [2.05, 4.69) is 5.18 Å². The molecular weight excluding hydrogens is 280 g/mol. The minimum absolute atomic E-state index is 0.341. The molecule has 3 rings (SSSR count). The molecule has 0 aliphatic rings. The number of hydrogen-bond donors (Lipinski definition) is 1. The maximum atomic E-state index is 12.2. The molecule has 0 spiro atoms. The van der Waals surface area contributed by atoms with Crippen LogP contribution in [0.5, 0.6) is 0 Å². The molecule has 0 fully saturated rings. The lowest BCUT2D eigenvalue weighted by atomic mass is 9.99. The van der Waals surface area contributed by atoms with Gasteiger partial charge in [-0.25, -0.2) is 4.79 Å². The molecule has 0 saturated carbocycles. The summed E-state index contributed by atoms with van der Waals surface area (Å²) in [6.07, 6.45) is 0.387. The number of benzene rings is 2. The molecule has 0 aliphatic heterocycles. The third kappa shape index (κ3) is 2.48. The molecule has 3 aromatic rings. The highest BCUT2D eigenvalue weighted by Crippen LogP contribution is 2.24. The number of rotatable bonds is 3. The lowest BCUT2D eigenvalue weighted by molar-refractivity contribution is 0.551. The summed E-state index contributed by atoms with van der Waals surface area (Å²) in [4.78, 5) is 22.8. The summed E-state index contributed by atoms with van der Waals surface area (Å²) in [5.41, 5.74) is 8.96. The van der Waals surface area contributed by atoms with Crippen LogP contribution in [0.15, 0.2) is 56.9 Å². The van der Waals surface area contributed by atoms with E-state index in [1.54, 1.807) is 30.3 Å². The predicted molar refractivity (Wildman–Crippen MR) is 86.3 cm³/mol. The van der Waals surface area contributed by atoms with Crippen molar-refractivity contribution in [1.82, 2.24) is 0 Å². The topological polar surface area (TPSA) is 85.7 Å². The van der Waals surface area contributed by atoms with Crippen molar-refractivity contribution in [3.05, 3.63) is 74.5 Å². The summed E-state index contributed by atoms with van der Waals surface area (Å²) in [6, 6.07) is 12.1. The number of nitroso groups, excluding NO2 is 1. The molecule has 0 unspecified atom stereocenters. The first kappa shape index (κ1) is 14.0. The predicted octanol–water partition coefficient (Wildman–Crippen LogP) is 3.67. The van der Waals surface area contributed by atoms with Crippen molar-refractivity contribution in [2.75, 3.05) is 5.73 Å². The van der Waals surface area contributed by atoms with Gasteiger partial charge in [0.15, 0.2) is 0 Å². The van der Waals surface area contributed by atoms with Crippen LogP contribution < -0.4 is 11.4 Å². The smallest absolute Gasteiger partial charge is 0.340 e. The first-order valence-electron chi connectivity index (χ1n) is 6.82. The Bertz CT molecular complexity index is 929. The molecule has 22 heavy (non-hydrogen) atoms. The Morgan fingerprint density at radius 2 is 2.00 bits per heavy atom. The van der Waals surface area contributed by atoms with Gasteiger partial charge in [-0.3, -0.25) is 0 Å². The van der Waals surface area contributed by atoms with E-state index in [0.717, 1.165) is 16.5 Å². The van der Waals surface area contributed by atoms with Crippen molar-refractivity contribution in [2.45, 2.75) is 13.3 Å². The first-order chi connectivity index (χ1) is 10.6. The summed E-state index contributed by atoms with van der Waals surface area (Å²) >= 11 is 0. The molecule has 0 radical (unpaired) electrons. The zero-order valence-corrected chi connectivity index (χ0v) is 12.0. The van der Waals surface area contributed by atoms with Crippen LogP contribution in [0.1, 0.15) is 16.7 Å². The van der Waals surface area contributed by atoms with Crippen LogP contribution in [-0.4, -0.2) is 0 Å². The molecular formula is C17H14N2O3. The van der Waals surface area contributed by atoms with Gasteiger partial charge in [-0.05, 0) is 47.5 Å². The fourth-order valence-corrected chi connectivity index (χ4v) is 2.54. The molecule has 1 aromatic heterocycles. The van der Waals surface area contributed by atoms with Crippen LogP contribution in [0.25, 0.3) is 11.0 Å². The van der Waals surface area contributed by atoms with Crippen molar-refractivity contribution in [3.8, 4) is 0 Å². The molecule has 110 valence electrons. The van der Waals surface area contributed by atoms with Gasteiger partial charge in [0, 0.05) is 29.1 Å². The number of fused-ring (bicyclic) bond motifs is 1. The second kappa shape index (κ2) is 5.44. The highest BCUT2D eigenvalue weighted by Gasteiger charge is 2.12. The van der Waals surface area contributed by atoms with E-state index >= 15 is 0 Å². The molecule has 5 heteroatoms. The van der Waals surface area contributed by atoms with Crippen molar-refractivity contribution in [2.24, 2.45) is 5.18 Å². The number of nitrogens with zero attached hydrogens (tertiary/aromatic N) is 1. The quantitative estimate of drug-likeness (QED) is 0.453. The average molecular weight is 294 g/mol. The Labute approximate surface area is 126 Å². The SMILES string of the molecule is Cc1c(Cc2cccc(N=O)c2)c(=O)oc2cc(N)ccc12. The van der Waals surface area contributed by atoms with E-state index in [4.69, 9.17) is 10.2 Å². The van der Waals surface area contributed by atoms with Gasteiger partial charge in [-0.1, -0.05) is 12.1 Å². The van der Waals surface area contributed by atoms with Crippen LogP contribution in [0.2, 0.25) is 0 Å². The van der Waals surface area contributed by atoms with Gasteiger partial charge in [-0.2, -0.15) is 0 Å². The zero-order valence-electron chi connectivity index (χ0n) is 12.0. The van der Waals surface area contributed by atoms with Crippen LogP contribution >= 0.6 is 0 Å². The summed E-state index contributed by atoms with van der Waals surface area (Å²) in [5, 5.41) is 3.77. The third-order valence-electron chi connectivity index (χ3n) is 3.71. The van der Waals surface area contributed by atoms with E-state index < -0.39 is 0 Å². The van der Waals surface area contributed by atoms with Gasteiger partial charge in [0.2, 0.25) is 0 Å². The Morgan fingerprint density at radius 1 is 1.18 bits per heavy atom. The van der Waals surface area contributed by atoms with Gasteiger partial charge < -0.3 is 10.2 Å². The molecule has 5 nitrogen and oxygen atoms in total. The van der Waals surface area contributed by atoms with Crippen LogP contribution in [0.3, 0.4) is 0 Å². The summed E-state index contributed by atoms with van der Waals surface area (Å²) in [5.74, 6) is 0. The van der Waals surface area contributed by atoms with Crippen molar-refractivity contribution < 1.29 is 4.42 Å². The number of hydrogen-bond acceptors (Lipinski definition) is 5. The van der Waals surface area contributed by atoms with Crippen molar-refractivity contribution in [1.29, 1.82) is 0 Å². The lowest BCUT2D eigenvalue weighted by Gasteiger charge is -2.08. The monoisotopic (exact) mass is 294 g/mol. The molecule has 0 atom stereocenters. The van der Waals surface area contributed by atoms with E-state index in [9.17, 15) is 9.70 Å². The Kier molecular flexibility index (Phi) is 3.47. The highest BCUT2D eigenvalue weighted by atomic mass is 16.4.